The summed E-state index contributed by atoms with van der Waals surface area (Å²) < 4.78 is 0. The minimum atomic E-state index is 0.990. The number of hydrogen-bond acceptors (Lipinski definition) is 1. The van der Waals surface area contributed by atoms with E-state index < -0.39 is 0 Å². The molecule has 0 radical (unpaired) electrons. The highest BCUT2D eigenvalue weighted by Crippen LogP contribution is 2.17. The summed E-state index contributed by atoms with van der Waals surface area (Å²) in [7, 11) is 2.22. The molecule has 1 aliphatic heterocycles. The quantitative estimate of drug-likeness (QED) is 0.565. The molecule has 68 valence electrons. The molecule has 0 unspecified atom stereocenters. The van der Waals surface area contributed by atoms with Crippen LogP contribution in [-0.4, -0.2) is 25.0 Å². The van der Waals surface area contributed by atoms with Gasteiger partial charge in [0, 0.05) is 6.54 Å². The van der Waals surface area contributed by atoms with Gasteiger partial charge in [0.15, 0.2) is 0 Å². The monoisotopic (exact) mass is 157 g/mol. The van der Waals surface area contributed by atoms with Gasteiger partial charge in [-0.1, -0.05) is 27.2 Å². The third-order valence-corrected chi connectivity index (χ3v) is 2.30. The van der Waals surface area contributed by atoms with Crippen molar-refractivity contribution in [1.82, 2.24) is 4.90 Å². The molecule has 1 fully saturated rings. The van der Waals surface area contributed by atoms with Crippen LogP contribution in [-0.2, 0) is 0 Å². The van der Waals surface area contributed by atoms with Gasteiger partial charge in [0.2, 0.25) is 0 Å². The normalized spacial score (nSPS) is 25.6. The molecule has 0 spiro atoms. The first kappa shape index (κ1) is 11.0. The average molecular weight is 157 g/mol. The maximum Gasteiger partial charge on any atom is 0.000651 e. The molecule has 0 aromatic rings. The fourth-order valence-corrected chi connectivity index (χ4v) is 1.61. The standard InChI is InChI=1S/C8H17N.C2H6/c1-3-8-5-4-6-9(2)7-8;1-2/h8H,3-7H2,1-2H3;1-2H3/t8-;/m0./s1. The molecular formula is C10H23N. The Balaban J connectivity index is 0.000000461. The first-order valence-electron chi connectivity index (χ1n) is 5.01. The minimum Gasteiger partial charge on any atom is -0.306 e. The Morgan fingerprint density at radius 3 is 2.36 bits per heavy atom. The van der Waals surface area contributed by atoms with E-state index in [4.69, 9.17) is 0 Å². The molecule has 0 saturated carbocycles. The van der Waals surface area contributed by atoms with Crippen molar-refractivity contribution in [1.29, 1.82) is 0 Å². The fraction of sp³-hybridized carbons (Fsp3) is 1.00. The Labute approximate surface area is 71.8 Å². The number of hydrogen-bond donors (Lipinski definition) is 0. The Kier molecular flexibility index (Phi) is 6.63. The molecule has 1 rings (SSSR count). The molecule has 1 nitrogen and oxygen atoms in total. The van der Waals surface area contributed by atoms with Gasteiger partial charge in [-0.3, -0.25) is 0 Å². The van der Waals surface area contributed by atoms with Crippen molar-refractivity contribution in [3.63, 3.8) is 0 Å². The van der Waals surface area contributed by atoms with Crippen LogP contribution < -0.4 is 0 Å². The lowest BCUT2D eigenvalue weighted by Gasteiger charge is -2.28. The number of piperidine rings is 1. The van der Waals surface area contributed by atoms with E-state index in [-0.39, 0.29) is 0 Å². The van der Waals surface area contributed by atoms with E-state index in [2.05, 4.69) is 18.9 Å². The zero-order valence-corrected chi connectivity index (χ0v) is 8.56. The maximum atomic E-state index is 2.44. The van der Waals surface area contributed by atoms with Crippen LogP contribution in [0.15, 0.2) is 0 Å². The van der Waals surface area contributed by atoms with Crippen molar-refractivity contribution in [2.24, 2.45) is 5.92 Å². The fourth-order valence-electron chi connectivity index (χ4n) is 1.61. The van der Waals surface area contributed by atoms with Gasteiger partial charge in [-0.15, -0.1) is 0 Å². The Morgan fingerprint density at radius 1 is 1.36 bits per heavy atom. The second kappa shape index (κ2) is 6.66. The molecule has 0 aliphatic carbocycles. The van der Waals surface area contributed by atoms with Gasteiger partial charge >= 0.3 is 0 Å². The molecule has 0 amide bonds. The zero-order chi connectivity index (χ0) is 8.69. The second-order valence-corrected chi connectivity index (χ2v) is 3.18. The topological polar surface area (TPSA) is 3.24 Å². The third-order valence-electron chi connectivity index (χ3n) is 2.30. The van der Waals surface area contributed by atoms with E-state index in [0.717, 1.165) is 5.92 Å². The second-order valence-electron chi connectivity index (χ2n) is 3.18. The molecule has 0 aromatic heterocycles. The van der Waals surface area contributed by atoms with E-state index >= 15 is 0 Å². The molecule has 1 heteroatoms. The molecule has 1 atom stereocenters. The summed E-state index contributed by atoms with van der Waals surface area (Å²) in [5.74, 6) is 0.990. The van der Waals surface area contributed by atoms with Crippen molar-refractivity contribution in [3.8, 4) is 0 Å². The number of rotatable bonds is 1. The van der Waals surface area contributed by atoms with E-state index in [1.54, 1.807) is 0 Å². The Morgan fingerprint density at radius 2 is 2.00 bits per heavy atom. The first-order valence-corrected chi connectivity index (χ1v) is 5.01. The predicted octanol–water partition coefficient (Wildman–Crippen LogP) is 2.76. The summed E-state index contributed by atoms with van der Waals surface area (Å²) in [6.45, 7) is 8.94. The van der Waals surface area contributed by atoms with Crippen LogP contribution in [0.4, 0.5) is 0 Å². The molecule has 0 N–H and O–H groups in total. The summed E-state index contributed by atoms with van der Waals surface area (Å²) in [5.41, 5.74) is 0. The van der Waals surface area contributed by atoms with E-state index in [1.165, 1.54) is 32.4 Å². The van der Waals surface area contributed by atoms with Crippen LogP contribution in [0, 0.1) is 5.92 Å². The largest absolute Gasteiger partial charge is 0.306 e. The summed E-state index contributed by atoms with van der Waals surface area (Å²) in [6.07, 6.45) is 4.24. The molecule has 1 saturated heterocycles. The molecular weight excluding hydrogens is 134 g/mol. The Bertz CT molecular complexity index is 80.9. The molecule has 0 bridgehead atoms. The predicted molar refractivity (Wildman–Crippen MR) is 51.9 cm³/mol. The van der Waals surface area contributed by atoms with Crippen LogP contribution in [0.2, 0.25) is 0 Å². The van der Waals surface area contributed by atoms with Gasteiger partial charge in [-0.25, -0.2) is 0 Å². The SMILES string of the molecule is CC.CC[C@H]1CCCN(C)C1. The van der Waals surface area contributed by atoms with E-state index in [0.29, 0.717) is 0 Å². The van der Waals surface area contributed by atoms with Crippen molar-refractivity contribution in [2.75, 3.05) is 20.1 Å². The van der Waals surface area contributed by atoms with E-state index in [1.807, 2.05) is 13.8 Å². The molecule has 1 aliphatic rings. The summed E-state index contributed by atoms with van der Waals surface area (Å²) in [5, 5.41) is 0. The van der Waals surface area contributed by atoms with Crippen molar-refractivity contribution in [3.05, 3.63) is 0 Å². The molecule has 1 heterocycles. The number of nitrogens with zero attached hydrogens (tertiary/aromatic N) is 1. The summed E-state index contributed by atoms with van der Waals surface area (Å²) in [4.78, 5) is 2.44. The van der Waals surface area contributed by atoms with Gasteiger partial charge in [-0.05, 0) is 32.4 Å². The molecule has 0 aromatic carbocycles. The zero-order valence-electron chi connectivity index (χ0n) is 8.56. The summed E-state index contributed by atoms with van der Waals surface area (Å²) >= 11 is 0. The lowest BCUT2D eigenvalue weighted by molar-refractivity contribution is 0.206. The van der Waals surface area contributed by atoms with Gasteiger partial charge in [0.25, 0.3) is 0 Å². The van der Waals surface area contributed by atoms with Gasteiger partial charge in [-0.2, -0.15) is 0 Å². The lowest BCUT2D eigenvalue weighted by Crippen LogP contribution is -2.31. The van der Waals surface area contributed by atoms with Crippen LogP contribution in [0.5, 0.6) is 0 Å². The molecule has 11 heavy (non-hydrogen) atoms. The van der Waals surface area contributed by atoms with Crippen LogP contribution in [0.1, 0.15) is 40.0 Å². The van der Waals surface area contributed by atoms with Gasteiger partial charge in [0.05, 0.1) is 0 Å². The highest BCUT2D eigenvalue weighted by molar-refractivity contribution is 4.68. The smallest absolute Gasteiger partial charge is 0.000651 e. The van der Waals surface area contributed by atoms with Crippen LogP contribution in [0.25, 0.3) is 0 Å². The maximum absolute atomic E-state index is 2.44. The number of likely N-dealkylation sites (tertiary alicyclic amines) is 1. The van der Waals surface area contributed by atoms with Crippen LogP contribution >= 0.6 is 0 Å². The minimum absolute atomic E-state index is 0.990. The third kappa shape index (κ3) is 4.41. The van der Waals surface area contributed by atoms with Crippen LogP contribution in [0.3, 0.4) is 0 Å². The highest BCUT2D eigenvalue weighted by atomic mass is 15.1. The summed E-state index contributed by atoms with van der Waals surface area (Å²) in [6, 6.07) is 0. The van der Waals surface area contributed by atoms with Crippen molar-refractivity contribution >= 4 is 0 Å². The first-order chi connectivity index (χ1) is 5.33. The lowest BCUT2D eigenvalue weighted by atomic mass is 9.96. The van der Waals surface area contributed by atoms with Crippen molar-refractivity contribution in [2.45, 2.75) is 40.0 Å². The van der Waals surface area contributed by atoms with Crippen molar-refractivity contribution < 1.29 is 0 Å². The Hall–Kier alpha value is -0.0400. The van der Waals surface area contributed by atoms with Gasteiger partial charge in [0.1, 0.15) is 0 Å². The average Bonchev–Trinajstić information content (AvgIpc) is 2.08. The van der Waals surface area contributed by atoms with Gasteiger partial charge < -0.3 is 4.90 Å². The highest BCUT2D eigenvalue weighted by Gasteiger charge is 2.14. The van der Waals surface area contributed by atoms with E-state index in [9.17, 15) is 0 Å².